The fourth-order valence-corrected chi connectivity index (χ4v) is 3.70. The second-order valence-corrected chi connectivity index (χ2v) is 6.46. The van der Waals surface area contributed by atoms with Crippen LogP contribution in [0, 0.1) is 5.41 Å². The van der Waals surface area contributed by atoms with Crippen molar-refractivity contribution in [2.75, 3.05) is 19.7 Å². The molecule has 2 aliphatic rings. The number of likely N-dealkylation sites (tertiary alicyclic amines) is 1. The highest BCUT2D eigenvalue weighted by molar-refractivity contribution is 5.75. The van der Waals surface area contributed by atoms with Crippen LogP contribution in [0.5, 0.6) is 0 Å². The van der Waals surface area contributed by atoms with E-state index in [1.54, 1.807) is 4.90 Å². The van der Waals surface area contributed by atoms with Gasteiger partial charge in [-0.05, 0) is 31.1 Å². The molecule has 0 aromatic rings. The van der Waals surface area contributed by atoms with Gasteiger partial charge in [0.25, 0.3) is 0 Å². The van der Waals surface area contributed by atoms with Crippen LogP contribution in [-0.4, -0.2) is 52.9 Å². The van der Waals surface area contributed by atoms with Crippen molar-refractivity contribution in [1.82, 2.24) is 10.2 Å². The zero-order chi connectivity index (χ0) is 15.3. The minimum Gasteiger partial charge on any atom is -0.481 e. The molecule has 2 amide bonds. The van der Waals surface area contributed by atoms with E-state index in [2.05, 4.69) is 5.32 Å². The smallest absolute Gasteiger partial charge is 0.317 e. The first-order valence-electron chi connectivity index (χ1n) is 7.93. The monoisotopic (exact) mass is 298 g/mol. The third-order valence-electron chi connectivity index (χ3n) is 4.90. The fourth-order valence-electron chi connectivity index (χ4n) is 3.70. The number of urea groups is 1. The van der Waals surface area contributed by atoms with E-state index in [0.717, 1.165) is 44.9 Å². The average molecular weight is 298 g/mol. The minimum absolute atomic E-state index is 0.00626. The Labute approximate surface area is 125 Å². The molecular formula is C15H26N2O4. The van der Waals surface area contributed by atoms with Gasteiger partial charge < -0.3 is 20.4 Å². The lowest BCUT2D eigenvalue weighted by Crippen LogP contribution is -2.48. The van der Waals surface area contributed by atoms with Crippen LogP contribution in [-0.2, 0) is 4.79 Å². The molecule has 0 aromatic carbocycles. The first kappa shape index (κ1) is 16.1. The van der Waals surface area contributed by atoms with E-state index in [0.29, 0.717) is 13.1 Å². The Kier molecular flexibility index (Phi) is 5.45. The van der Waals surface area contributed by atoms with E-state index < -0.39 is 5.97 Å². The zero-order valence-electron chi connectivity index (χ0n) is 12.5. The van der Waals surface area contributed by atoms with E-state index in [1.165, 1.54) is 0 Å². The third-order valence-corrected chi connectivity index (χ3v) is 4.90. The number of aliphatic carboxylic acids is 1. The van der Waals surface area contributed by atoms with E-state index in [9.17, 15) is 14.7 Å². The van der Waals surface area contributed by atoms with Gasteiger partial charge in [-0.1, -0.05) is 19.3 Å². The van der Waals surface area contributed by atoms with Gasteiger partial charge in [-0.25, -0.2) is 4.79 Å². The van der Waals surface area contributed by atoms with Crippen molar-refractivity contribution >= 4 is 12.0 Å². The number of carboxylic acid groups (broad SMARTS) is 1. The molecule has 2 fully saturated rings. The predicted octanol–water partition coefficient (Wildman–Crippen LogP) is 1.58. The average Bonchev–Trinajstić information content (AvgIpc) is 2.93. The van der Waals surface area contributed by atoms with Crippen LogP contribution in [0.2, 0.25) is 0 Å². The number of carboxylic acids is 1. The number of hydrogen-bond donors (Lipinski definition) is 3. The molecule has 0 aromatic heterocycles. The lowest BCUT2D eigenvalue weighted by molar-refractivity contribution is -0.140. The molecule has 1 heterocycles. The molecule has 1 unspecified atom stereocenters. The van der Waals surface area contributed by atoms with Crippen LogP contribution >= 0.6 is 0 Å². The number of hydrogen-bond acceptors (Lipinski definition) is 3. The molecule has 21 heavy (non-hydrogen) atoms. The number of carbonyl (C=O) groups excluding carboxylic acids is 1. The van der Waals surface area contributed by atoms with Gasteiger partial charge >= 0.3 is 12.0 Å². The van der Waals surface area contributed by atoms with E-state index in [1.807, 2.05) is 0 Å². The number of aliphatic hydroxyl groups excluding tert-OH is 1. The predicted molar refractivity (Wildman–Crippen MR) is 78.0 cm³/mol. The zero-order valence-corrected chi connectivity index (χ0v) is 12.5. The van der Waals surface area contributed by atoms with Crippen LogP contribution in [0.15, 0.2) is 0 Å². The highest BCUT2D eigenvalue weighted by Crippen LogP contribution is 2.38. The summed E-state index contributed by atoms with van der Waals surface area (Å²) in [5, 5.41) is 21.3. The van der Waals surface area contributed by atoms with Gasteiger partial charge in [-0.15, -0.1) is 0 Å². The van der Waals surface area contributed by atoms with Gasteiger partial charge in [0, 0.05) is 13.1 Å². The van der Waals surface area contributed by atoms with E-state index >= 15 is 0 Å². The molecule has 6 nitrogen and oxygen atoms in total. The highest BCUT2D eigenvalue weighted by Gasteiger charge is 2.36. The summed E-state index contributed by atoms with van der Waals surface area (Å²) in [6.07, 6.45) is 6.82. The lowest BCUT2D eigenvalue weighted by atomic mass is 9.72. The van der Waals surface area contributed by atoms with Crippen molar-refractivity contribution in [2.45, 2.75) is 57.4 Å². The van der Waals surface area contributed by atoms with Crippen molar-refractivity contribution in [3.8, 4) is 0 Å². The number of amides is 2. The first-order valence-corrected chi connectivity index (χ1v) is 7.93. The molecule has 6 heteroatoms. The van der Waals surface area contributed by atoms with Crippen LogP contribution in [0.4, 0.5) is 4.79 Å². The summed E-state index contributed by atoms with van der Waals surface area (Å²) >= 11 is 0. The summed E-state index contributed by atoms with van der Waals surface area (Å²) in [5.74, 6) is -0.791. The summed E-state index contributed by atoms with van der Waals surface area (Å²) in [7, 11) is 0. The Morgan fingerprint density at radius 1 is 1.19 bits per heavy atom. The van der Waals surface area contributed by atoms with Crippen molar-refractivity contribution in [1.29, 1.82) is 0 Å². The number of rotatable bonds is 5. The summed E-state index contributed by atoms with van der Waals surface area (Å²) in [5.41, 5.74) is -0.297. The minimum atomic E-state index is -0.791. The molecule has 2 rings (SSSR count). The Balaban J connectivity index is 1.91. The molecule has 3 N–H and O–H groups in total. The van der Waals surface area contributed by atoms with Crippen molar-refractivity contribution in [3.63, 3.8) is 0 Å². The summed E-state index contributed by atoms with van der Waals surface area (Å²) in [6, 6.07) is -0.256. The Hall–Kier alpha value is -1.30. The fraction of sp³-hybridized carbons (Fsp3) is 0.867. The van der Waals surface area contributed by atoms with Crippen LogP contribution in [0.3, 0.4) is 0 Å². The highest BCUT2D eigenvalue weighted by atomic mass is 16.4. The van der Waals surface area contributed by atoms with Gasteiger partial charge in [0.1, 0.15) is 0 Å². The SMILES string of the molecule is O=C(O)CC1(CNC(=O)N2CCCC2CO)CCCCC1. The number of nitrogens with one attached hydrogen (secondary N) is 1. The van der Waals surface area contributed by atoms with Crippen molar-refractivity contribution in [2.24, 2.45) is 5.41 Å². The number of aliphatic hydroxyl groups is 1. The molecule has 0 spiro atoms. The molecule has 0 radical (unpaired) electrons. The molecule has 1 atom stereocenters. The Morgan fingerprint density at radius 2 is 1.90 bits per heavy atom. The molecule has 1 aliphatic carbocycles. The maximum atomic E-state index is 12.2. The van der Waals surface area contributed by atoms with E-state index in [-0.39, 0.29) is 30.5 Å². The lowest BCUT2D eigenvalue weighted by Gasteiger charge is -2.37. The summed E-state index contributed by atoms with van der Waals surface area (Å²) in [6.45, 7) is 1.09. The second-order valence-electron chi connectivity index (χ2n) is 6.46. The summed E-state index contributed by atoms with van der Waals surface area (Å²) < 4.78 is 0. The van der Waals surface area contributed by atoms with Gasteiger partial charge in [-0.3, -0.25) is 4.79 Å². The largest absolute Gasteiger partial charge is 0.481 e. The van der Waals surface area contributed by atoms with Crippen LogP contribution in [0.1, 0.15) is 51.4 Å². The Morgan fingerprint density at radius 3 is 2.52 bits per heavy atom. The topological polar surface area (TPSA) is 89.9 Å². The molecule has 0 bridgehead atoms. The van der Waals surface area contributed by atoms with Gasteiger partial charge in [0.05, 0.1) is 19.1 Å². The van der Waals surface area contributed by atoms with Crippen molar-refractivity contribution in [3.05, 3.63) is 0 Å². The van der Waals surface area contributed by atoms with Gasteiger partial charge in [0.2, 0.25) is 0 Å². The quantitative estimate of drug-likeness (QED) is 0.719. The summed E-state index contributed by atoms with van der Waals surface area (Å²) in [4.78, 5) is 25.0. The molecular weight excluding hydrogens is 272 g/mol. The van der Waals surface area contributed by atoms with Gasteiger partial charge in [0.15, 0.2) is 0 Å². The van der Waals surface area contributed by atoms with Crippen LogP contribution < -0.4 is 5.32 Å². The van der Waals surface area contributed by atoms with E-state index in [4.69, 9.17) is 5.11 Å². The second kappa shape index (κ2) is 7.11. The molecule has 1 saturated carbocycles. The number of nitrogens with zero attached hydrogens (tertiary/aromatic N) is 1. The number of carbonyl (C=O) groups is 2. The standard InChI is InChI=1S/C15H26N2O4/c18-10-12-5-4-8-17(12)14(21)16-11-15(9-13(19)20)6-2-1-3-7-15/h12,18H,1-11H2,(H,16,21)(H,19,20). The molecule has 120 valence electrons. The Bertz CT molecular complexity index is 380. The van der Waals surface area contributed by atoms with Crippen molar-refractivity contribution < 1.29 is 19.8 Å². The maximum absolute atomic E-state index is 12.2. The normalized spacial score (nSPS) is 24.8. The maximum Gasteiger partial charge on any atom is 0.317 e. The van der Waals surface area contributed by atoms with Crippen LogP contribution in [0.25, 0.3) is 0 Å². The van der Waals surface area contributed by atoms with Gasteiger partial charge in [-0.2, -0.15) is 0 Å². The first-order chi connectivity index (χ1) is 10.1. The molecule has 1 aliphatic heterocycles. The molecule has 1 saturated heterocycles. The third kappa shape index (κ3) is 4.09.